The van der Waals surface area contributed by atoms with E-state index in [1.807, 2.05) is 36.4 Å². The van der Waals surface area contributed by atoms with Crippen molar-refractivity contribution in [3.8, 4) is 0 Å². The summed E-state index contributed by atoms with van der Waals surface area (Å²) >= 11 is 0. The van der Waals surface area contributed by atoms with Crippen LogP contribution in [0.3, 0.4) is 0 Å². The van der Waals surface area contributed by atoms with Crippen molar-refractivity contribution in [2.75, 3.05) is 42.3 Å². The van der Waals surface area contributed by atoms with Gasteiger partial charge in [-0.2, -0.15) is 0 Å². The normalized spacial score (nSPS) is 15.9. The average molecular weight is 389 g/mol. The monoisotopic (exact) mass is 388 g/mol. The Morgan fingerprint density at radius 1 is 1.00 bits per heavy atom. The van der Waals surface area contributed by atoms with E-state index in [1.54, 1.807) is 17.0 Å². The molecule has 0 radical (unpaired) electrons. The third-order valence-electron chi connectivity index (χ3n) is 5.31. The van der Waals surface area contributed by atoms with Crippen molar-refractivity contribution in [1.29, 1.82) is 0 Å². The highest BCUT2D eigenvalue weighted by Crippen LogP contribution is 2.22. The zero-order chi connectivity index (χ0) is 19.4. The first-order valence-electron chi connectivity index (χ1n) is 9.70. The Bertz CT molecular complexity index is 838. The predicted octanol–water partition coefficient (Wildman–Crippen LogP) is 2.34. The maximum atomic E-state index is 12.6. The van der Waals surface area contributed by atoms with Crippen LogP contribution in [-0.4, -0.2) is 41.1 Å². The van der Waals surface area contributed by atoms with Crippen LogP contribution < -0.4 is 14.5 Å². The van der Waals surface area contributed by atoms with Gasteiger partial charge in [0.05, 0.1) is 37.6 Å². The number of benzene rings is 2. The van der Waals surface area contributed by atoms with Crippen LogP contribution in [-0.2, 0) is 10.0 Å². The quantitative estimate of drug-likeness (QED) is 0.799. The Labute approximate surface area is 163 Å². The molecule has 1 aliphatic heterocycles. The molecular formula is C21H30N3O2S+. The van der Waals surface area contributed by atoms with Gasteiger partial charge in [-0.1, -0.05) is 26.0 Å². The summed E-state index contributed by atoms with van der Waals surface area (Å²) in [5, 5.41) is 0. The van der Waals surface area contributed by atoms with Gasteiger partial charge in [0.15, 0.2) is 0 Å². The highest BCUT2D eigenvalue weighted by molar-refractivity contribution is 7.92. The zero-order valence-corrected chi connectivity index (χ0v) is 17.2. The van der Waals surface area contributed by atoms with Crippen molar-refractivity contribution in [2.24, 2.45) is 0 Å². The Morgan fingerprint density at radius 2 is 1.59 bits per heavy atom. The van der Waals surface area contributed by atoms with Crippen molar-refractivity contribution in [1.82, 2.24) is 0 Å². The van der Waals surface area contributed by atoms with Crippen LogP contribution in [0, 0.1) is 0 Å². The molecule has 2 aromatic carbocycles. The average Bonchev–Trinajstić information content (AvgIpc) is 2.68. The second-order valence-corrected chi connectivity index (χ2v) is 9.15. The lowest BCUT2D eigenvalue weighted by Crippen LogP contribution is -3.14. The van der Waals surface area contributed by atoms with E-state index in [9.17, 15) is 8.42 Å². The number of quaternary nitrogens is 1. The van der Waals surface area contributed by atoms with Gasteiger partial charge in [-0.05, 0) is 54.8 Å². The van der Waals surface area contributed by atoms with Crippen LogP contribution in [0.1, 0.15) is 32.3 Å². The summed E-state index contributed by atoms with van der Waals surface area (Å²) in [5.41, 5.74) is 2.86. The molecule has 2 N–H and O–H groups in total. The molecule has 1 aliphatic rings. The molecule has 0 spiro atoms. The minimum absolute atomic E-state index is 0.287. The largest absolute Gasteiger partial charge is 0.360 e. The van der Waals surface area contributed by atoms with E-state index >= 15 is 0 Å². The molecule has 1 heterocycles. The minimum Gasteiger partial charge on any atom is -0.360 e. The van der Waals surface area contributed by atoms with E-state index < -0.39 is 10.0 Å². The number of nitrogens with zero attached hydrogens (tertiary/aromatic N) is 1. The van der Waals surface area contributed by atoms with Gasteiger partial charge in [-0.3, -0.25) is 4.72 Å². The highest BCUT2D eigenvalue weighted by Gasteiger charge is 2.19. The van der Waals surface area contributed by atoms with E-state index in [0.717, 1.165) is 37.4 Å². The van der Waals surface area contributed by atoms with Crippen molar-refractivity contribution >= 4 is 21.4 Å². The summed E-state index contributed by atoms with van der Waals surface area (Å²) in [5.74, 6) is 0.378. The van der Waals surface area contributed by atoms with Crippen molar-refractivity contribution in [3.05, 3.63) is 54.1 Å². The van der Waals surface area contributed by atoms with Crippen molar-refractivity contribution < 1.29 is 13.3 Å². The number of anilines is 2. The van der Waals surface area contributed by atoms with E-state index in [4.69, 9.17) is 0 Å². The lowest BCUT2D eigenvalue weighted by Gasteiger charge is -2.33. The number of hydrogen-bond acceptors (Lipinski definition) is 3. The summed E-state index contributed by atoms with van der Waals surface area (Å²) in [6.07, 6.45) is 0. The van der Waals surface area contributed by atoms with Gasteiger partial charge in [0.25, 0.3) is 10.0 Å². The molecule has 0 saturated carbocycles. The first-order valence-corrected chi connectivity index (χ1v) is 11.2. The van der Waals surface area contributed by atoms with Crippen LogP contribution in [0.25, 0.3) is 0 Å². The van der Waals surface area contributed by atoms with Gasteiger partial charge >= 0.3 is 0 Å². The zero-order valence-electron chi connectivity index (χ0n) is 16.4. The molecule has 6 heteroatoms. The second kappa shape index (κ2) is 8.31. The first kappa shape index (κ1) is 19.7. The molecule has 1 saturated heterocycles. The molecule has 1 fully saturated rings. The smallest absolute Gasteiger partial charge is 0.261 e. The topological polar surface area (TPSA) is 53.9 Å². The maximum Gasteiger partial charge on any atom is 0.261 e. The fourth-order valence-electron chi connectivity index (χ4n) is 3.42. The van der Waals surface area contributed by atoms with Gasteiger partial charge < -0.3 is 9.80 Å². The molecule has 27 heavy (non-hydrogen) atoms. The molecule has 146 valence electrons. The highest BCUT2D eigenvalue weighted by atomic mass is 32.2. The summed E-state index contributed by atoms with van der Waals surface area (Å²) in [4.78, 5) is 4.29. The number of rotatable bonds is 6. The van der Waals surface area contributed by atoms with Crippen LogP contribution in [0.2, 0.25) is 0 Å². The number of sulfonamides is 1. The fraction of sp³-hybridized carbons (Fsp3) is 0.429. The third kappa shape index (κ3) is 4.82. The molecule has 0 unspecified atom stereocenters. The van der Waals surface area contributed by atoms with E-state index in [0.29, 0.717) is 11.6 Å². The number of piperazine rings is 1. The lowest BCUT2D eigenvalue weighted by molar-refractivity contribution is -0.898. The van der Waals surface area contributed by atoms with Crippen molar-refractivity contribution in [2.45, 2.75) is 31.6 Å². The van der Waals surface area contributed by atoms with Gasteiger partial charge in [-0.15, -0.1) is 0 Å². The molecule has 3 rings (SSSR count). The molecule has 0 aromatic heterocycles. The van der Waals surface area contributed by atoms with Crippen LogP contribution in [0.15, 0.2) is 53.4 Å². The van der Waals surface area contributed by atoms with Crippen LogP contribution in [0.5, 0.6) is 0 Å². The van der Waals surface area contributed by atoms with E-state index in [1.165, 1.54) is 6.54 Å². The molecule has 0 aliphatic carbocycles. The number of likely N-dealkylation sites (N-methyl/N-ethyl adjacent to an activating group) is 1. The lowest BCUT2D eigenvalue weighted by atomic mass is 10.0. The molecule has 0 atom stereocenters. The number of nitrogens with one attached hydrogen (secondary N) is 2. The first-order chi connectivity index (χ1) is 12.9. The van der Waals surface area contributed by atoms with Gasteiger partial charge in [0.1, 0.15) is 0 Å². The second-order valence-electron chi connectivity index (χ2n) is 7.47. The molecule has 2 aromatic rings. The Morgan fingerprint density at radius 3 is 2.11 bits per heavy atom. The van der Waals surface area contributed by atoms with E-state index in [-0.39, 0.29) is 4.90 Å². The van der Waals surface area contributed by atoms with Gasteiger partial charge in [0.2, 0.25) is 0 Å². The molecular weight excluding hydrogens is 358 g/mol. The molecule has 5 nitrogen and oxygen atoms in total. The van der Waals surface area contributed by atoms with Crippen LogP contribution in [0.4, 0.5) is 11.4 Å². The number of hydrogen-bond donors (Lipinski definition) is 2. The Hall–Kier alpha value is -2.05. The molecule has 0 amide bonds. The molecule has 0 bridgehead atoms. The van der Waals surface area contributed by atoms with E-state index in [2.05, 4.69) is 30.4 Å². The van der Waals surface area contributed by atoms with Gasteiger partial charge in [-0.25, -0.2) is 8.42 Å². The summed E-state index contributed by atoms with van der Waals surface area (Å²) in [7, 11) is -3.57. The van der Waals surface area contributed by atoms with Crippen LogP contribution >= 0.6 is 0 Å². The minimum atomic E-state index is -3.57. The van der Waals surface area contributed by atoms with Gasteiger partial charge in [0, 0.05) is 11.4 Å². The SMILES string of the molecule is CC[NH+]1CCN(c2ccc(NS(=O)(=O)c3ccc(C(C)C)cc3)cc2)CC1. The maximum absolute atomic E-state index is 12.6. The summed E-state index contributed by atoms with van der Waals surface area (Å²) in [6.45, 7) is 12.0. The summed E-state index contributed by atoms with van der Waals surface area (Å²) < 4.78 is 27.9. The fourth-order valence-corrected chi connectivity index (χ4v) is 4.48. The Kier molecular flexibility index (Phi) is 6.07. The predicted molar refractivity (Wildman–Crippen MR) is 111 cm³/mol. The van der Waals surface area contributed by atoms with Crippen molar-refractivity contribution in [3.63, 3.8) is 0 Å². The third-order valence-corrected chi connectivity index (χ3v) is 6.71. The summed E-state index contributed by atoms with van der Waals surface area (Å²) in [6, 6.07) is 14.8. The Balaban J connectivity index is 1.66. The standard InChI is InChI=1S/C21H29N3O2S/c1-4-23-13-15-24(16-14-23)20-9-7-19(8-10-20)22-27(25,26)21-11-5-18(6-12-21)17(2)3/h5-12,17,22H,4,13-16H2,1-3H3/p+1.